The van der Waals surface area contributed by atoms with E-state index in [0.717, 1.165) is 5.56 Å². The molecule has 110 valence electrons. The van der Waals surface area contributed by atoms with Crippen molar-refractivity contribution >= 4 is 15.7 Å². The summed E-state index contributed by atoms with van der Waals surface area (Å²) in [4.78, 5) is 12.3. The summed E-state index contributed by atoms with van der Waals surface area (Å²) in [5, 5.41) is 2.93. The Bertz CT molecular complexity index is 603. The van der Waals surface area contributed by atoms with Gasteiger partial charge in [0.1, 0.15) is 0 Å². The molecule has 1 aliphatic rings. The second kappa shape index (κ2) is 5.18. The molecule has 1 fully saturated rings. The van der Waals surface area contributed by atoms with Crippen molar-refractivity contribution in [2.45, 2.75) is 24.8 Å². The van der Waals surface area contributed by atoms with Gasteiger partial charge in [0.05, 0.1) is 29.6 Å². The predicted octanol–water partition coefficient (Wildman–Crippen LogP) is 1.30. The van der Waals surface area contributed by atoms with E-state index in [2.05, 4.69) is 5.32 Å². The van der Waals surface area contributed by atoms with Crippen molar-refractivity contribution in [2.24, 2.45) is 5.41 Å². The monoisotopic (exact) mass is 297 g/mol. The molecule has 6 heteroatoms. The molecule has 1 aromatic rings. The minimum atomic E-state index is -3.19. The summed E-state index contributed by atoms with van der Waals surface area (Å²) < 4.78 is 27.8. The van der Waals surface area contributed by atoms with Crippen LogP contribution in [0.25, 0.3) is 0 Å². The van der Waals surface area contributed by atoms with Gasteiger partial charge in [-0.1, -0.05) is 12.1 Å². The quantitative estimate of drug-likeness (QED) is 0.909. The van der Waals surface area contributed by atoms with Gasteiger partial charge in [-0.05, 0) is 31.5 Å². The second-order valence-electron chi connectivity index (χ2n) is 5.59. The average Bonchev–Trinajstić information content (AvgIpc) is 2.34. The number of ether oxygens (including phenoxy) is 1. The largest absolute Gasteiger partial charge is 0.379 e. The summed E-state index contributed by atoms with van der Waals surface area (Å²) >= 11 is 0. The third-order valence-corrected chi connectivity index (χ3v) is 4.67. The highest BCUT2D eigenvalue weighted by atomic mass is 32.2. The highest BCUT2D eigenvalue weighted by Crippen LogP contribution is 2.28. The number of nitrogens with one attached hydrogen (secondary N) is 1. The fourth-order valence-electron chi connectivity index (χ4n) is 2.00. The molecular formula is C14H19NO4S. The van der Waals surface area contributed by atoms with E-state index in [0.29, 0.717) is 13.2 Å². The van der Waals surface area contributed by atoms with E-state index >= 15 is 0 Å². The average molecular weight is 297 g/mol. The minimum absolute atomic E-state index is 0.0385. The molecule has 1 saturated heterocycles. The molecular weight excluding hydrogens is 278 g/mol. The smallest absolute Gasteiger partial charge is 0.231 e. The van der Waals surface area contributed by atoms with Gasteiger partial charge in [-0.25, -0.2) is 8.42 Å². The molecule has 0 spiro atoms. The first-order valence-corrected chi connectivity index (χ1v) is 8.30. The van der Waals surface area contributed by atoms with Crippen LogP contribution in [0.2, 0.25) is 0 Å². The third kappa shape index (κ3) is 3.02. The van der Waals surface area contributed by atoms with Crippen LogP contribution in [0, 0.1) is 5.41 Å². The highest BCUT2D eigenvalue weighted by molar-refractivity contribution is 7.90. The first-order valence-electron chi connectivity index (χ1n) is 6.41. The second-order valence-corrected chi connectivity index (χ2v) is 7.61. The van der Waals surface area contributed by atoms with E-state index in [1.165, 1.54) is 6.26 Å². The zero-order chi connectivity index (χ0) is 15.0. The van der Waals surface area contributed by atoms with Crippen LogP contribution >= 0.6 is 0 Å². The third-order valence-electron chi connectivity index (χ3n) is 3.55. The van der Waals surface area contributed by atoms with E-state index in [1.807, 2.05) is 13.8 Å². The van der Waals surface area contributed by atoms with Gasteiger partial charge in [0, 0.05) is 6.26 Å². The summed E-state index contributed by atoms with van der Waals surface area (Å²) in [5.41, 5.74) is 0.426. The molecule has 1 heterocycles. The number of carbonyl (C=O) groups is 1. The van der Waals surface area contributed by atoms with Gasteiger partial charge in [0.15, 0.2) is 9.84 Å². The Balaban J connectivity index is 2.06. The number of sulfone groups is 1. The Kier molecular flexibility index (Phi) is 3.88. The van der Waals surface area contributed by atoms with Crippen molar-refractivity contribution in [3.63, 3.8) is 0 Å². The maximum Gasteiger partial charge on any atom is 0.231 e. The fraction of sp³-hybridized carbons (Fsp3) is 0.500. The Morgan fingerprint density at radius 1 is 1.30 bits per heavy atom. The van der Waals surface area contributed by atoms with Crippen LogP contribution in [-0.2, 0) is 19.4 Å². The van der Waals surface area contributed by atoms with Gasteiger partial charge in [-0.2, -0.15) is 0 Å². The number of amides is 1. The van der Waals surface area contributed by atoms with Crippen LogP contribution in [0.1, 0.15) is 25.5 Å². The van der Waals surface area contributed by atoms with Gasteiger partial charge in [0.25, 0.3) is 0 Å². The molecule has 1 N–H and O–H groups in total. The molecule has 1 atom stereocenters. The molecule has 5 nitrogen and oxygen atoms in total. The SMILES string of the molecule is C[C@@H](NC(=O)C1(C)COC1)c1ccc(S(C)(=O)=O)cc1. The van der Waals surface area contributed by atoms with Crippen molar-refractivity contribution in [1.29, 1.82) is 0 Å². The molecule has 1 aromatic carbocycles. The number of rotatable bonds is 4. The van der Waals surface area contributed by atoms with Crippen molar-refractivity contribution in [3.05, 3.63) is 29.8 Å². The molecule has 1 aliphatic heterocycles. The van der Waals surface area contributed by atoms with Crippen LogP contribution in [0.5, 0.6) is 0 Å². The van der Waals surface area contributed by atoms with Gasteiger partial charge in [-0.3, -0.25) is 4.79 Å². The lowest BCUT2D eigenvalue weighted by Gasteiger charge is -2.37. The van der Waals surface area contributed by atoms with Crippen molar-refractivity contribution in [2.75, 3.05) is 19.5 Å². The standard InChI is InChI=1S/C14H19NO4S/c1-10(15-13(16)14(2)8-19-9-14)11-4-6-12(7-5-11)20(3,17)18/h4-7,10H,8-9H2,1-3H3,(H,15,16)/t10-/m1/s1. The predicted molar refractivity (Wildman–Crippen MR) is 75.0 cm³/mol. The number of hydrogen-bond donors (Lipinski definition) is 1. The van der Waals surface area contributed by atoms with Crippen LogP contribution in [-0.4, -0.2) is 33.8 Å². The molecule has 0 saturated carbocycles. The minimum Gasteiger partial charge on any atom is -0.379 e. The molecule has 0 bridgehead atoms. The summed E-state index contributed by atoms with van der Waals surface area (Å²) in [7, 11) is -3.19. The fourth-order valence-corrected chi connectivity index (χ4v) is 2.63. The van der Waals surface area contributed by atoms with E-state index in [4.69, 9.17) is 4.74 Å². The van der Waals surface area contributed by atoms with Crippen molar-refractivity contribution < 1.29 is 17.9 Å². The van der Waals surface area contributed by atoms with E-state index < -0.39 is 15.3 Å². The molecule has 2 rings (SSSR count). The summed E-state index contributed by atoms with van der Waals surface area (Å²) in [6.45, 7) is 4.62. The summed E-state index contributed by atoms with van der Waals surface area (Å²) in [6.07, 6.45) is 1.17. The lowest BCUT2D eigenvalue weighted by atomic mass is 9.87. The van der Waals surface area contributed by atoms with E-state index in [9.17, 15) is 13.2 Å². The molecule has 0 radical (unpaired) electrons. The van der Waals surface area contributed by atoms with Crippen LogP contribution < -0.4 is 5.32 Å². The van der Waals surface area contributed by atoms with Gasteiger partial charge in [-0.15, -0.1) is 0 Å². The molecule has 0 aromatic heterocycles. The Morgan fingerprint density at radius 2 is 1.85 bits per heavy atom. The number of hydrogen-bond acceptors (Lipinski definition) is 4. The van der Waals surface area contributed by atoms with Crippen molar-refractivity contribution in [1.82, 2.24) is 5.32 Å². The highest BCUT2D eigenvalue weighted by Gasteiger charge is 2.41. The first kappa shape index (κ1) is 15.0. The number of benzene rings is 1. The molecule has 0 unspecified atom stereocenters. The zero-order valence-electron chi connectivity index (χ0n) is 11.8. The summed E-state index contributed by atoms with van der Waals surface area (Å²) in [6, 6.07) is 6.39. The Hall–Kier alpha value is -1.40. The van der Waals surface area contributed by atoms with Crippen LogP contribution in [0.4, 0.5) is 0 Å². The van der Waals surface area contributed by atoms with Gasteiger partial charge < -0.3 is 10.1 Å². The van der Waals surface area contributed by atoms with Crippen LogP contribution in [0.3, 0.4) is 0 Å². The van der Waals surface area contributed by atoms with Crippen molar-refractivity contribution in [3.8, 4) is 0 Å². The van der Waals surface area contributed by atoms with Gasteiger partial charge in [0.2, 0.25) is 5.91 Å². The zero-order valence-corrected chi connectivity index (χ0v) is 12.7. The maximum absolute atomic E-state index is 12.1. The topological polar surface area (TPSA) is 72.5 Å². The lowest BCUT2D eigenvalue weighted by molar-refractivity contribution is -0.158. The Labute approximate surface area is 119 Å². The molecule has 20 heavy (non-hydrogen) atoms. The maximum atomic E-state index is 12.1. The van der Waals surface area contributed by atoms with E-state index in [1.54, 1.807) is 24.3 Å². The first-order chi connectivity index (χ1) is 9.22. The Morgan fingerprint density at radius 3 is 2.25 bits per heavy atom. The van der Waals surface area contributed by atoms with E-state index in [-0.39, 0.29) is 16.8 Å². The summed E-state index contributed by atoms with van der Waals surface area (Å²) in [5.74, 6) is -0.0385. The van der Waals surface area contributed by atoms with Crippen LogP contribution in [0.15, 0.2) is 29.2 Å². The lowest BCUT2D eigenvalue weighted by Crippen LogP contribution is -2.52. The normalized spacial score (nSPS) is 18.9. The number of carbonyl (C=O) groups excluding carboxylic acids is 1. The molecule has 1 amide bonds. The van der Waals surface area contributed by atoms with Gasteiger partial charge >= 0.3 is 0 Å². The molecule has 0 aliphatic carbocycles.